The Morgan fingerprint density at radius 1 is 1.23 bits per heavy atom. The van der Waals surface area contributed by atoms with Gasteiger partial charge < -0.3 is 5.32 Å². The lowest BCUT2D eigenvalue weighted by molar-refractivity contribution is -0.0888. The van der Waals surface area contributed by atoms with Gasteiger partial charge in [-0.3, -0.25) is 9.59 Å². The molecular formula is C17H11ClF4N2O2. The topological polar surface area (TPSA) is 59.1 Å². The van der Waals surface area contributed by atoms with Crippen LogP contribution in [0, 0.1) is 5.82 Å². The van der Waals surface area contributed by atoms with Crippen LogP contribution in [-0.2, 0) is 5.54 Å². The second-order valence-corrected chi connectivity index (χ2v) is 6.72. The van der Waals surface area contributed by atoms with E-state index in [1.807, 2.05) is 0 Å². The molecule has 2 aromatic rings. The summed E-state index contributed by atoms with van der Waals surface area (Å²) in [4.78, 5) is 27.8. The average Bonchev–Trinajstić information content (AvgIpc) is 2.77. The van der Waals surface area contributed by atoms with Gasteiger partial charge in [-0.1, -0.05) is 11.6 Å². The van der Waals surface area contributed by atoms with Gasteiger partial charge in [0.2, 0.25) is 0 Å². The van der Waals surface area contributed by atoms with Crippen LogP contribution in [0.1, 0.15) is 40.3 Å². The minimum Gasteiger partial charge on any atom is -0.343 e. The number of halogens is 5. The number of alkyl halides is 3. The second-order valence-electron chi connectivity index (χ2n) is 6.31. The third-order valence-electron chi connectivity index (χ3n) is 4.03. The van der Waals surface area contributed by atoms with E-state index >= 15 is 0 Å². The molecule has 0 aliphatic carbocycles. The zero-order valence-corrected chi connectivity index (χ0v) is 14.2. The second kappa shape index (κ2) is 5.77. The third kappa shape index (κ3) is 2.94. The maximum absolute atomic E-state index is 13.4. The first-order valence-corrected chi connectivity index (χ1v) is 7.74. The molecule has 9 heteroatoms. The highest BCUT2D eigenvalue weighted by molar-refractivity contribution is 6.31. The van der Waals surface area contributed by atoms with Crippen LogP contribution >= 0.6 is 11.6 Å². The van der Waals surface area contributed by atoms with Crippen molar-refractivity contribution in [3.8, 4) is 11.3 Å². The molecule has 0 fully saturated rings. The van der Waals surface area contributed by atoms with Crippen LogP contribution in [0.15, 0.2) is 24.3 Å². The highest BCUT2D eigenvalue weighted by atomic mass is 35.5. The zero-order chi connectivity index (χ0) is 19.4. The molecule has 26 heavy (non-hydrogen) atoms. The summed E-state index contributed by atoms with van der Waals surface area (Å²) >= 11 is 5.73. The molecule has 2 heterocycles. The Kier molecular flexibility index (Phi) is 4.06. The van der Waals surface area contributed by atoms with Crippen molar-refractivity contribution in [2.45, 2.75) is 25.6 Å². The summed E-state index contributed by atoms with van der Waals surface area (Å²) in [6.45, 7) is 3.17. The van der Waals surface area contributed by atoms with Crippen LogP contribution < -0.4 is 5.32 Å². The standard InChI is InChI=1S/C17H11ClF4N2O2/c1-16(2)8-6-11(14(25)17(20,21)22)23-13(12(8)15(26)24-16)7-3-4-10(19)9(18)5-7/h3-6H,1-2H3,(H,24,26). The number of nitrogens with zero attached hydrogens (tertiary/aromatic N) is 1. The van der Waals surface area contributed by atoms with Gasteiger partial charge in [0, 0.05) is 5.56 Å². The van der Waals surface area contributed by atoms with Crippen molar-refractivity contribution in [1.82, 2.24) is 10.3 Å². The summed E-state index contributed by atoms with van der Waals surface area (Å²) in [7, 11) is 0. The first-order valence-electron chi connectivity index (χ1n) is 7.37. The van der Waals surface area contributed by atoms with Crippen molar-refractivity contribution in [3.05, 3.63) is 51.9 Å². The van der Waals surface area contributed by atoms with E-state index in [9.17, 15) is 27.2 Å². The van der Waals surface area contributed by atoms with Crippen molar-refractivity contribution >= 4 is 23.3 Å². The largest absolute Gasteiger partial charge is 0.456 e. The normalized spacial score (nSPS) is 15.6. The third-order valence-corrected chi connectivity index (χ3v) is 4.32. The van der Waals surface area contributed by atoms with Gasteiger partial charge in [0.05, 0.1) is 21.8 Å². The monoisotopic (exact) mass is 386 g/mol. The molecule has 136 valence electrons. The summed E-state index contributed by atoms with van der Waals surface area (Å²) in [5, 5.41) is 2.33. The number of pyridine rings is 1. The highest BCUT2D eigenvalue weighted by Crippen LogP contribution is 2.38. The van der Waals surface area contributed by atoms with Crippen LogP contribution in [0.3, 0.4) is 0 Å². The average molecular weight is 387 g/mol. The number of Topliss-reactive ketones (excluding diaryl/α,β-unsaturated/α-hetero) is 1. The van der Waals surface area contributed by atoms with Gasteiger partial charge in [0.15, 0.2) is 0 Å². The molecule has 0 atom stereocenters. The molecule has 0 saturated heterocycles. The number of nitrogens with one attached hydrogen (secondary N) is 1. The molecule has 1 amide bonds. The molecule has 0 radical (unpaired) electrons. The van der Waals surface area contributed by atoms with Gasteiger partial charge in [-0.05, 0) is 43.7 Å². The van der Waals surface area contributed by atoms with Crippen LogP contribution in [0.2, 0.25) is 5.02 Å². The molecule has 1 aromatic heterocycles. The Bertz CT molecular complexity index is 955. The van der Waals surface area contributed by atoms with Gasteiger partial charge in [-0.15, -0.1) is 0 Å². The summed E-state index contributed by atoms with van der Waals surface area (Å²) in [6, 6.07) is 4.32. The molecule has 1 aliphatic rings. The number of carbonyl (C=O) groups is 2. The van der Waals surface area contributed by atoms with Gasteiger partial charge in [0.25, 0.3) is 11.7 Å². The maximum atomic E-state index is 13.4. The number of ketones is 1. The molecule has 4 nitrogen and oxygen atoms in total. The zero-order valence-electron chi connectivity index (χ0n) is 13.5. The van der Waals surface area contributed by atoms with E-state index in [1.165, 1.54) is 6.07 Å². The van der Waals surface area contributed by atoms with Gasteiger partial charge in [-0.2, -0.15) is 13.2 Å². The predicted molar refractivity (Wildman–Crippen MR) is 85.5 cm³/mol. The molecule has 1 N–H and O–H groups in total. The number of aromatic nitrogens is 1. The minimum atomic E-state index is -5.13. The number of hydrogen-bond acceptors (Lipinski definition) is 3. The van der Waals surface area contributed by atoms with Crippen molar-refractivity contribution in [2.75, 3.05) is 0 Å². The lowest BCUT2D eigenvalue weighted by atomic mass is 9.91. The van der Waals surface area contributed by atoms with Crippen LogP contribution in [0.4, 0.5) is 17.6 Å². The highest BCUT2D eigenvalue weighted by Gasteiger charge is 2.44. The van der Waals surface area contributed by atoms with Gasteiger partial charge >= 0.3 is 6.18 Å². The Morgan fingerprint density at radius 2 is 1.88 bits per heavy atom. The van der Waals surface area contributed by atoms with Gasteiger partial charge in [0.1, 0.15) is 11.5 Å². The Hall–Kier alpha value is -2.48. The first kappa shape index (κ1) is 18.3. The molecule has 0 saturated carbocycles. The van der Waals surface area contributed by atoms with Crippen molar-refractivity contribution in [2.24, 2.45) is 0 Å². The van der Waals surface area contributed by atoms with Crippen LogP contribution in [0.25, 0.3) is 11.3 Å². The number of amides is 1. The molecule has 3 rings (SSSR count). The van der Waals surface area contributed by atoms with E-state index in [4.69, 9.17) is 11.6 Å². The summed E-state index contributed by atoms with van der Waals surface area (Å²) < 4.78 is 52.0. The maximum Gasteiger partial charge on any atom is 0.456 e. The van der Waals surface area contributed by atoms with E-state index in [1.54, 1.807) is 13.8 Å². The van der Waals surface area contributed by atoms with Crippen LogP contribution in [0.5, 0.6) is 0 Å². The van der Waals surface area contributed by atoms with Crippen molar-refractivity contribution in [3.63, 3.8) is 0 Å². The molecule has 1 aliphatic heterocycles. The smallest absolute Gasteiger partial charge is 0.343 e. The Labute approximate surface area is 150 Å². The molecule has 0 unspecified atom stereocenters. The predicted octanol–water partition coefficient (Wildman–Crippen LogP) is 4.26. The van der Waals surface area contributed by atoms with E-state index < -0.39 is 34.9 Å². The fourth-order valence-electron chi connectivity index (χ4n) is 2.80. The lowest BCUT2D eigenvalue weighted by Crippen LogP contribution is -2.32. The van der Waals surface area contributed by atoms with E-state index in [2.05, 4.69) is 10.3 Å². The fourth-order valence-corrected chi connectivity index (χ4v) is 2.98. The molecular weight excluding hydrogens is 376 g/mol. The van der Waals surface area contributed by atoms with Crippen LogP contribution in [-0.4, -0.2) is 22.9 Å². The molecule has 1 aromatic carbocycles. The first-order chi connectivity index (χ1) is 11.9. The number of hydrogen-bond donors (Lipinski definition) is 1. The number of benzene rings is 1. The lowest BCUT2D eigenvalue weighted by Gasteiger charge is -2.20. The summed E-state index contributed by atoms with van der Waals surface area (Å²) in [6.07, 6.45) is -5.13. The molecule has 0 spiro atoms. The van der Waals surface area contributed by atoms with E-state index in [-0.39, 0.29) is 27.4 Å². The molecule has 0 bridgehead atoms. The summed E-state index contributed by atoms with van der Waals surface area (Å²) in [5.74, 6) is -3.43. The number of carbonyl (C=O) groups excluding carboxylic acids is 2. The fraction of sp³-hybridized carbons (Fsp3) is 0.235. The Balaban J connectivity index is 2.32. The number of rotatable bonds is 2. The van der Waals surface area contributed by atoms with Crippen molar-refractivity contribution < 1.29 is 27.2 Å². The summed E-state index contributed by atoms with van der Waals surface area (Å²) in [5.41, 5.74) is -1.68. The Morgan fingerprint density at radius 3 is 2.46 bits per heavy atom. The number of fused-ring (bicyclic) bond motifs is 1. The quantitative estimate of drug-likeness (QED) is 0.619. The minimum absolute atomic E-state index is 0.0244. The SMILES string of the molecule is CC1(C)NC(=O)c2c1cc(C(=O)C(F)(F)F)nc2-c1ccc(F)c(Cl)c1. The van der Waals surface area contributed by atoms with Crippen molar-refractivity contribution in [1.29, 1.82) is 0 Å². The van der Waals surface area contributed by atoms with E-state index in [0.717, 1.165) is 18.2 Å². The van der Waals surface area contributed by atoms with E-state index in [0.29, 0.717) is 0 Å². The van der Waals surface area contributed by atoms with Gasteiger partial charge in [-0.25, -0.2) is 9.37 Å².